The number of hydrogen-bond acceptors (Lipinski definition) is 3. The number of anilines is 2. The maximum atomic E-state index is 14.2. The number of nitrogens with zero attached hydrogens (tertiary/aromatic N) is 2. The molecule has 2 amide bonds. The van der Waals surface area contributed by atoms with Crippen molar-refractivity contribution in [2.24, 2.45) is 0 Å². The van der Waals surface area contributed by atoms with Crippen LogP contribution in [-0.2, 0) is 4.74 Å². The second-order valence-corrected chi connectivity index (χ2v) is 4.87. The molecule has 1 aromatic carbocycles. The molecule has 6 heteroatoms. The van der Waals surface area contributed by atoms with E-state index in [0.29, 0.717) is 50.8 Å². The van der Waals surface area contributed by atoms with Gasteiger partial charge in [-0.15, -0.1) is 0 Å². The predicted molar refractivity (Wildman–Crippen MR) is 81.4 cm³/mol. The molecule has 0 atom stereocenters. The quantitative estimate of drug-likeness (QED) is 0.928. The van der Waals surface area contributed by atoms with Crippen molar-refractivity contribution in [3.63, 3.8) is 0 Å². The van der Waals surface area contributed by atoms with Gasteiger partial charge in [-0.25, -0.2) is 9.18 Å². The lowest BCUT2D eigenvalue weighted by Gasteiger charge is -2.29. The highest BCUT2D eigenvalue weighted by Gasteiger charge is 2.16. The summed E-state index contributed by atoms with van der Waals surface area (Å²) in [7, 11) is 0. The smallest absolute Gasteiger partial charge is 0.321 e. The van der Waals surface area contributed by atoms with Crippen molar-refractivity contribution in [3.05, 3.63) is 24.0 Å². The van der Waals surface area contributed by atoms with Crippen molar-refractivity contribution in [1.82, 2.24) is 4.90 Å². The molecule has 0 spiro atoms. The number of benzene rings is 1. The summed E-state index contributed by atoms with van der Waals surface area (Å²) in [4.78, 5) is 15.5. The van der Waals surface area contributed by atoms with Gasteiger partial charge in [-0.05, 0) is 32.0 Å². The number of nitrogens with one attached hydrogen (secondary N) is 1. The second-order valence-electron chi connectivity index (χ2n) is 4.87. The minimum absolute atomic E-state index is 0.210. The molecule has 5 nitrogen and oxygen atoms in total. The largest absolute Gasteiger partial charge is 0.378 e. The molecule has 0 unspecified atom stereocenters. The Hall–Kier alpha value is -1.82. The van der Waals surface area contributed by atoms with Gasteiger partial charge < -0.3 is 19.9 Å². The van der Waals surface area contributed by atoms with Crippen LogP contribution in [0, 0.1) is 5.82 Å². The molecule has 1 saturated heterocycles. The van der Waals surface area contributed by atoms with Gasteiger partial charge in [0.1, 0.15) is 5.82 Å². The average Bonchev–Trinajstić information content (AvgIpc) is 2.49. The van der Waals surface area contributed by atoms with Gasteiger partial charge in [0.15, 0.2) is 0 Å². The summed E-state index contributed by atoms with van der Waals surface area (Å²) < 4.78 is 19.5. The first-order valence-electron chi connectivity index (χ1n) is 7.33. The van der Waals surface area contributed by atoms with Crippen LogP contribution in [0.5, 0.6) is 0 Å². The van der Waals surface area contributed by atoms with Crippen molar-refractivity contribution in [1.29, 1.82) is 0 Å². The number of carbonyl (C=O) groups is 1. The molecule has 2 rings (SSSR count). The third-order valence-electron chi connectivity index (χ3n) is 3.60. The topological polar surface area (TPSA) is 44.8 Å². The molecular formula is C15H22FN3O2. The maximum Gasteiger partial charge on any atom is 0.321 e. The first-order chi connectivity index (χ1) is 10.2. The second kappa shape index (κ2) is 7.26. The minimum Gasteiger partial charge on any atom is -0.378 e. The standard InChI is InChI=1S/C15H22FN3O2/c1-3-18(4-2)15(20)17-12-5-6-14(13(16)11-12)19-7-9-21-10-8-19/h5-6,11H,3-4,7-10H2,1-2H3,(H,17,20). The van der Waals surface area contributed by atoms with Gasteiger partial charge in [0.05, 0.1) is 18.9 Å². The third-order valence-corrected chi connectivity index (χ3v) is 3.60. The lowest BCUT2D eigenvalue weighted by Crippen LogP contribution is -2.37. The van der Waals surface area contributed by atoms with Crippen LogP contribution in [0.25, 0.3) is 0 Å². The van der Waals surface area contributed by atoms with Crippen LogP contribution in [0.4, 0.5) is 20.6 Å². The summed E-state index contributed by atoms with van der Waals surface area (Å²) in [5.74, 6) is -0.325. The molecule has 116 valence electrons. The number of hydrogen-bond donors (Lipinski definition) is 1. The summed E-state index contributed by atoms with van der Waals surface area (Å²) in [5, 5.41) is 2.72. The summed E-state index contributed by atoms with van der Waals surface area (Å²) in [6.07, 6.45) is 0. The Kier molecular flexibility index (Phi) is 5.38. The molecule has 1 aromatic rings. The van der Waals surface area contributed by atoms with Crippen molar-refractivity contribution >= 4 is 17.4 Å². The molecule has 21 heavy (non-hydrogen) atoms. The molecule has 1 heterocycles. The van der Waals surface area contributed by atoms with E-state index in [-0.39, 0.29) is 11.8 Å². The molecular weight excluding hydrogens is 273 g/mol. The Labute approximate surface area is 124 Å². The van der Waals surface area contributed by atoms with Crippen LogP contribution in [-0.4, -0.2) is 50.3 Å². The Morgan fingerprint density at radius 1 is 1.33 bits per heavy atom. The molecule has 1 fully saturated rings. The number of halogens is 1. The van der Waals surface area contributed by atoms with Crippen molar-refractivity contribution in [3.8, 4) is 0 Å². The van der Waals surface area contributed by atoms with Gasteiger partial charge in [0.25, 0.3) is 0 Å². The maximum absolute atomic E-state index is 14.2. The van der Waals surface area contributed by atoms with E-state index in [1.165, 1.54) is 6.07 Å². The van der Waals surface area contributed by atoms with Gasteiger partial charge in [-0.2, -0.15) is 0 Å². The van der Waals surface area contributed by atoms with E-state index in [1.807, 2.05) is 18.7 Å². The predicted octanol–water partition coefficient (Wildman–Crippen LogP) is 2.54. The van der Waals surface area contributed by atoms with E-state index >= 15 is 0 Å². The SMILES string of the molecule is CCN(CC)C(=O)Nc1ccc(N2CCOCC2)c(F)c1. The highest BCUT2D eigenvalue weighted by molar-refractivity contribution is 5.89. The molecule has 1 aliphatic heterocycles. The number of ether oxygens (including phenoxy) is 1. The zero-order chi connectivity index (χ0) is 15.2. The van der Waals surface area contributed by atoms with E-state index in [4.69, 9.17) is 4.74 Å². The first kappa shape index (κ1) is 15.6. The minimum atomic E-state index is -0.325. The van der Waals surface area contributed by atoms with E-state index in [2.05, 4.69) is 5.32 Å². The molecule has 1 N–H and O–H groups in total. The zero-order valence-electron chi connectivity index (χ0n) is 12.6. The van der Waals surface area contributed by atoms with Gasteiger partial charge >= 0.3 is 6.03 Å². The van der Waals surface area contributed by atoms with Crippen LogP contribution in [0.2, 0.25) is 0 Å². The van der Waals surface area contributed by atoms with Crippen LogP contribution in [0.15, 0.2) is 18.2 Å². The number of urea groups is 1. The molecule has 0 radical (unpaired) electrons. The van der Waals surface area contributed by atoms with Crippen LogP contribution in [0.1, 0.15) is 13.8 Å². The molecule has 0 bridgehead atoms. The highest BCUT2D eigenvalue weighted by atomic mass is 19.1. The molecule has 1 aliphatic rings. The van der Waals surface area contributed by atoms with E-state index in [0.717, 1.165) is 0 Å². The van der Waals surface area contributed by atoms with Crippen LogP contribution >= 0.6 is 0 Å². The van der Waals surface area contributed by atoms with Crippen molar-refractivity contribution < 1.29 is 13.9 Å². The first-order valence-corrected chi connectivity index (χ1v) is 7.33. The number of amides is 2. The Balaban J connectivity index is 2.06. The van der Waals surface area contributed by atoms with Gasteiger partial charge in [-0.3, -0.25) is 0 Å². The normalized spacial score (nSPS) is 14.9. The molecule has 0 aromatic heterocycles. The fourth-order valence-corrected chi connectivity index (χ4v) is 2.36. The average molecular weight is 295 g/mol. The van der Waals surface area contributed by atoms with E-state index < -0.39 is 0 Å². The van der Waals surface area contributed by atoms with Crippen molar-refractivity contribution in [2.75, 3.05) is 49.6 Å². The fraction of sp³-hybridized carbons (Fsp3) is 0.533. The highest BCUT2D eigenvalue weighted by Crippen LogP contribution is 2.23. The third kappa shape index (κ3) is 3.85. The monoisotopic (exact) mass is 295 g/mol. The van der Waals surface area contributed by atoms with Gasteiger partial charge in [0, 0.05) is 31.9 Å². The summed E-state index contributed by atoms with van der Waals surface area (Å²) in [6.45, 7) is 7.65. The van der Waals surface area contributed by atoms with E-state index in [1.54, 1.807) is 17.0 Å². The fourth-order valence-electron chi connectivity index (χ4n) is 2.36. The van der Waals surface area contributed by atoms with Crippen LogP contribution < -0.4 is 10.2 Å². The number of rotatable bonds is 4. The Morgan fingerprint density at radius 3 is 2.57 bits per heavy atom. The lowest BCUT2D eigenvalue weighted by molar-refractivity contribution is 0.122. The van der Waals surface area contributed by atoms with Gasteiger partial charge in [0.2, 0.25) is 0 Å². The summed E-state index contributed by atoms with van der Waals surface area (Å²) in [6, 6.07) is 4.60. The van der Waals surface area contributed by atoms with Crippen LogP contribution in [0.3, 0.4) is 0 Å². The number of carbonyl (C=O) groups excluding carboxylic acids is 1. The Morgan fingerprint density at radius 2 is 2.00 bits per heavy atom. The van der Waals surface area contributed by atoms with E-state index in [9.17, 15) is 9.18 Å². The summed E-state index contributed by atoms with van der Waals surface area (Å²) >= 11 is 0. The van der Waals surface area contributed by atoms with Gasteiger partial charge in [-0.1, -0.05) is 0 Å². The number of morpholine rings is 1. The molecule has 0 saturated carbocycles. The Bertz CT molecular complexity index is 486. The summed E-state index contributed by atoms with van der Waals surface area (Å²) in [5.41, 5.74) is 1.03. The lowest BCUT2D eigenvalue weighted by atomic mass is 10.2. The zero-order valence-corrected chi connectivity index (χ0v) is 12.6. The van der Waals surface area contributed by atoms with Crippen molar-refractivity contribution in [2.45, 2.75) is 13.8 Å². The molecule has 0 aliphatic carbocycles.